The number of pyridine rings is 1. The van der Waals surface area contributed by atoms with Crippen LogP contribution in [0, 0.1) is 20.8 Å². The number of aromatic nitrogens is 4. The fourth-order valence-corrected chi connectivity index (χ4v) is 2.75. The van der Waals surface area contributed by atoms with Crippen molar-refractivity contribution >= 4 is 5.69 Å². The van der Waals surface area contributed by atoms with E-state index >= 15 is 0 Å². The van der Waals surface area contributed by atoms with Crippen molar-refractivity contribution in [3.05, 3.63) is 59.0 Å². The maximum Gasteiger partial charge on any atom is 0.161 e. The highest BCUT2D eigenvalue weighted by Crippen LogP contribution is 2.38. The van der Waals surface area contributed by atoms with E-state index in [1.165, 1.54) is 0 Å². The van der Waals surface area contributed by atoms with Gasteiger partial charge in [0.15, 0.2) is 6.23 Å². The van der Waals surface area contributed by atoms with E-state index in [1.54, 1.807) is 6.20 Å². The van der Waals surface area contributed by atoms with E-state index in [-0.39, 0.29) is 12.3 Å². The highest BCUT2D eigenvalue weighted by molar-refractivity contribution is 5.41. The van der Waals surface area contributed by atoms with Gasteiger partial charge in [0.05, 0.1) is 29.8 Å². The molecule has 1 fully saturated rings. The number of aryl methyl sites for hydroxylation is 3. The Morgan fingerprint density at radius 3 is 2.88 bits per heavy atom. The third-order valence-electron chi connectivity index (χ3n) is 4.14. The third kappa shape index (κ3) is 2.90. The lowest BCUT2D eigenvalue weighted by Crippen LogP contribution is -2.05. The lowest BCUT2D eigenvalue weighted by Gasteiger charge is -2.01. The molecule has 0 amide bonds. The highest BCUT2D eigenvalue weighted by Gasteiger charge is 2.41. The number of anilines is 1. The van der Waals surface area contributed by atoms with Gasteiger partial charge in [0, 0.05) is 17.5 Å². The van der Waals surface area contributed by atoms with Crippen LogP contribution in [-0.4, -0.2) is 26.1 Å². The lowest BCUT2D eigenvalue weighted by molar-refractivity contribution is 0.383. The van der Waals surface area contributed by atoms with E-state index in [9.17, 15) is 0 Å². The second kappa shape index (κ2) is 5.76. The average Bonchev–Trinajstić information content (AvgIpc) is 3.07. The Morgan fingerprint density at radius 2 is 2.12 bits per heavy atom. The standard InChI is InChI=1S/C17H19N5O2/c1-10-5-4-6-15(19-10)16-17(23-16)20-13-7-18-22(8-13)9-14-11(2)21-24-12(14)3/h4-8,16-17,20H,9H2,1-3H3. The van der Waals surface area contributed by atoms with Crippen LogP contribution in [0.15, 0.2) is 35.1 Å². The second-order valence-electron chi connectivity index (χ2n) is 6.05. The van der Waals surface area contributed by atoms with Crippen molar-refractivity contribution in [2.24, 2.45) is 0 Å². The molecule has 3 aromatic rings. The molecule has 24 heavy (non-hydrogen) atoms. The van der Waals surface area contributed by atoms with Crippen LogP contribution in [0.5, 0.6) is 0 Å². The number of nitrogens with one attached hydrogen (secondary N) is 1. The van der Waals surface area contributed by atoms with Crippen molar-refractivity contribution in [2.75, 3.05) is 5.32 Å². The minimum atomic E-state index is -0.0592. The van der Waals surface area contributed by atoms with Crippen molar-refractivity contribution in [1.29, 1.82) is 0 Å². The van der Waals surface area contributed by atoms with Gasteiger partial charge >= 0.3 is 0 Å². The van der Waals surface area contributed by atoms with Crippen molar-refractivity contribution < 1.29 is 9.26 Å². The largest absolute Gasteiger partial charge is 0.361 e. The van der Waals surface area contributed by atoms with Crippen LogP contribution < -0.4 is 5.32 Å². The third-order valence-corrected chi connectivity index (χ3v) is 4.14. The van der Waals surface area contributed by atoms with Crippen LogP contribution in [0.25, 0.3) is 0 Å². The first-order valence-corrected chi connectivity index (χ1v) is 7.90. The zero-order valence-corrected chi connectivity index (χ0v) is 13.9. The molecule has 0 saturated carbocycles. The molecule has 2 atom stereocenters. The predicted octanol–water partition coefficient (Wildman–Crippen LogP) is 2.75. The lowest BCUT2D eigenvalue weighted by atomic mass is 10.2. The Kier molecular flexibility index (Phi) is 3.57. The summed E-state index contributed by atoms with van der Waals surface area (Å²) in [4.78, 5) is 4.50. The quantitative estimate of drug-likeness (QED) is 0.726. The summed E-state index contributed by atoms with van der Waals surface area (Å²) in [6.45, 7) is 6.46. The van der Waals surface area contributed by atoms with Gasteiger partial charge in [-0.1, -0.05) is 11.2 Å². The minimum absolute atomic E-state index is 0.00388. The summed E-state index contributed by atoms with van der Waals surface area (Å²) in [5.41, 5.74) is 4.83. The molecule has 7 heteroatoms. The SMILES string of the molecule is Cc1cccc(C2OC2Nc2cnn(Cc3c(C)noc3C)c2)n1. The number of rotatable bonds is 5. The van der Waals surface area contributed by atoms with Gasteiger partial charge in [0.1, 0.15) is 11.9 Å². The molecule has 0 aliphatic carbocycles. The van der Waals surface area contributed by atoms with Gasteiger partial charge in [-0.2, -0.15) is 5.10 Å². The van der Waals surface area contributed by atoms with E-state index in [2.05, 4.69) is 20.6 Å². The number of hydrogen-bond donors (Lipinski definition) is 1. The highest BCUT2D eigenvalue weighted by atomic mass is 16.6. The maximum atomic E-state index is 5.68. The molecule has 0 spiro atoms. The van der Waals surface area contributed by atoms with Gasteiger partial charge in [0.25, 0.3) is 0 Å². The summed E-state index contributed by atoms with van der Waals surface area (Å²) in [6, 6.07) is 5.96. The molecule has 2 unspecified atom stereocenters. The molecule has 0 bridgehead atoms. The summed E-state index contributed by atoms with van der Waals surface area (Å²) in [5.74, 6) is 0.827. The topological polar surface area (TPSA) is 81.3 Å². The average molecular weight is 325 g/mol. The van der Waals surface area contributed by atoms with Crippen LogP contribution in [0.3, 0.4) is 0 Å². The van der Waals surface area contributed by atoms with Gasteiger partial charge in [-0.25, -0.2) is 0 Å². The smallest absolute Gasteiger partial charge is 0.161 e. The van der Waals surface area contributed by atoms with Gasteiger partial charge < -0.3 is 14.6 Å². The molecule has 7 nitrogen and oxygen atoms in total. The maximum absolute atomic E-state index is 5.68. The Labute approximate surface area is 139 Å². The molecule has 4 heterocycles. The second-order valence-corrected chi connectivity index (χ2v) is 6.05. The van der Waals surface area contributed by atoms with Crippen molar-refractivity contribution in [3.8, 4) is 0 Å². The zero-order valence-electron chi connectivity index (χ0n) is 13.9. The van der Waals surface area contributed by atoms with E-state index in [0.717, 1.165) is 34.1 Å². The molecule has 1 saturated heterocycles. The molecule has 124 valence electrons. The molecule has 1 aliphatic heterocycles. The summed E-state index contributed by atoms with van der Waals surface area (Å²) < 4.78 is 12.7. The van der Waals surface area contributed by atoms with E-state index in [1.807, 2.05) is 49.8 Å². The van der Waals surface area contributed by atoms with Crippen LogP contribution in [-0.2, 0) is 11.3 Å². The molecular weight excluding hydrogens is 306 g/mol. The number of epoxide rings is 1. The molecule has 0 aromatic carbocycles. The number of nitrogens with zero attached hydrogens (tertiary/aromatic N) is 4. The fourth-order valence-electron chi connectivity index (χ4n) is 2.75. The van der Waals surface area contributed by atoms with Crippen LogP contribution in [0.1, 0.15) is 34.5 Å². The Hall–Kier alpha value is -2.67. The van der Waals surface area contributed by atoms with Crippen molar-refractivity contribution in [3.63, 3.8) is 0 Å². The summed E-state index contributed by atoms with van der Waals surface area (Å²) in [6.07, 6.45) is 3.68. The van der Waals surface area contributed by atoms with Crippen molar-refractivity contribution in [1.82, 2.24) is 19.9 Å². The normalized spacial score (nSPS) is 19.5. The number of hydrogen-bond acceptors (Lipinski definition) is 6. The first-order chi connectivity index (χ1) is 11.6. The van der Waals surface area contributed by atoms with Crippen molar-refractivity contribution in [2.45, 2.75) is 39.6 Å². The van der Waals surface area contributed by atoms with Gasteiger partial charge in [0.2, 0.25) is 0 Å². The first-order valence-electron chi connectivity index (χ1n) is 7.90. The summed E-state index contributed by atoms with van der Waals surface area (Å²) in [5, 5.41) is 11.7. The van der Waals surface area contributed by atoms with E-state index < -0.39 is 0 Å². The van der Waals surface area contributed by atoms with Gasteiger partial charge in [-0.15, -0.1) is 0 Å². The Bertz CT molecular complexity index is 850. The minimum Gasteiger partial charge on any atom is -0.361 e. The van der Waals surface area contributed by atoms with E-state index in [4.69, 9.17) is 9.26 Å². The van der Waals surface area contributed by atoms with E-state index in [0.29, 0.717) is 6.54 Å². The van der Waals surface area contributed by atoms with Crippen LogP contribution >= 0.6 is 0 Å². The summed E-state index contributed by atoms with van der Waals surface area (Å²) in [7, 11) is 0. The van der Waals surface area contributed by atoms with Gasteiger partial charge in [-0.3, -0.25) is 9.67 Å². The van der Waals surface area contributed by atoms with Gasteiger partial charge in [-0.05, 0) is 32.9 Å². The fraction of sp³-hybridized carbons (Fsp3) is 0.353. The molecule has 4 rings (SSSR count). The zero-order chi connectivity index (χ0) is 16.7. The predicted molar refractivity (Wildman–Crippen MR) is 87.5 cm³/mol. The first kappa shape index (κ1) is 14.9. The summed E-state index contributed by atoms with van der Waals surface area (Å²) >= 11 is 0. The van der Waals surface area contributed by atoms with Crippen LogP contribution in [0.4, 0.5) is 5.69 Å². The molecule has 1 N–H and O–H groups in total. The Balaban J connectivity index is 1.40. The molecule has 3 aromatic heterocycles. The molecule has 1 aliphatic rings. The molecule has 0 radical (unpaired) electrons. The Morgan fingerprint density at radius 1 is 1.25 bits per heavy atom. The molecular formula is C17H19N5O2. The van der Waals surface area contributed by atoms with Crippen LogP contribution in [0.2, 0.25) is 0 Å². The number of ether oxygens (including phenoxy) is 1. The monoisotopic (exact) mass is 325 g/mol.